The summed E-state index contributed by atoms with van der Waals surface area (Å²) in [6.45, 7) is 4.37. The van der Waals surface area contributed by atoms with Crippen LogP contribution in [0.4, 0.5) is 4.79 Å². The van der Waals surface area contributed by atoms with Gasteiger partial charge in [0.05, 0.1) is 7.11 Å². The van der Waals surface area contributed by atoms with Crippen LogP contribution in [0, 0.1) is 0 Å². The van der Waals surface area contributed by atoms with Crippen molar-refractivity contribution in [3.05, 3.63) is 29.8 Å². The maximum atomic E-state index is 11.9. The molecule has 0 spiro atoms. The first kappa shape index (κ1) is 14.7. The van der Waals surface area contributed by atoms with Gasteiger partial charge in [-0.2, -0.15) is 0 Å². The van der Waals surface area contributed by atoms with E-state index in [9.17, 15) is 4.79 Å². The van der Waals surface area contributed by atoms with Crippen LogP contribution in [0.3, 0.4) is 0 Å². The lowest BCUT2D eigenvalue weighted by molar-refractivity contribution is 0.120. The van der Waals surface area contributed by atoms with Crippen molar-refractivity contribution in [2.75, 3.05) is 47.4 Å². The summed E-state index contributed by atoms with van der Waals surface area (Å²) in [5.74, 6) is 0.884. The van der Waals surface area contributed by atoms with E-state index in [0.29, 0.717) is 0 Å². The number of methoxy groups -OCH3 is 1. The Balaban J connectivity index is 1.83. The van der Waals surface area contributed by atoms with Crippen LogP contribution in [0.15, 0.2) is 24.3 Å². The normalized spacial score (nSPS) is 16.1. The summed E-state index contributed by atoms with van der Waals surface area (Å²) in [6, 6.07) is 8.27. The molecule has 0 saturated carbocycles. The van der Waals surface area contributed by atoms with Crippen LogP contribution in [0.5, 0.6) is 5.75 Å². The van der Waals surface area contributed by atoms with Gasteiger partial charge in [0.1, 0.15) is 5.75 Å². The van der Waals surface area contributed by atoms with Gasteiger partial charge in [0.15, 0.2) is 0 Å². The molecule has 1 heterocycles. The van der Waals surface area contributed by atoms with Crippen molar-refractivity contribution in [2.45, 2.75) is 6.54 Å². The second-order valence-corrected chi connectivity index (χ2v) is 5.29. The van der Waals surface area contributed by atoms with E-state index in [1.54, 1.807) is 26.1 Å². The summed E-state index contributed by atoms with van der Waals surface area (Å²) < 4.78 is 5.16. The fourth-order valence-electron chi connectivity index (χ4n) is 2.37. The Morgan fingerprint density at radius 2 is 1.75 bits per heavy atom. The molecule has 0 radical (unpaired) electrons. The monoisotopic (exact) mass is 277 g/mol. The largest absolute Gasteiger partial charge is 0.497 e. The third-order valence-corrected chi connectivity index (χ3v) is 3.59. The van der Waals surface area contributed by atoms with Gasteiger partial charge in [-0.05, 0) is 17.7 Å². The molecule has 0 N–H and O–H groups in total. The minimum atomic E-state index is 0.106. The van der Waals surface area contributed by atoms with Crippen molar-refractivity contribution in [3.8, 4) is 5.75 Å². The minimum absolute atomic E-state index is 0.106. The molecule has 1 aliphatic heterocycles. The number of ether oxygens (including phenoxy) is 1. The zero-order valence-electron chi connectivity index (χ0n) is 12.5. The number of benzene rings is 1. The molecule has 1 aliphatic rings. The highest BCUT2D eigenvalue weighted by Gasteiger charge is 2.21. The maximum absolute atomic E-state index is 11.9. The molecule has 5 nitrogen and oxygen atoms in total. The first-order chi connectivity index (χ1) is 9.60. The second kappa shape index (κ2) is 6.61. The van der Waals surface area contributed by atoms with Crippen molar-refractivity contribution in [1.82, 2.24) is 14.7 Å². The average Bonchev–Trinajstić information content (AvgIpc) is 2.48. The Labute approximate surface area is 120 Å². The first-order valence-corrected chi connectivity index (χ1v) is 6.91. The Bertz CT molecular complexity index is 437. The van der Waals surface area contributed by atoms with Gasteiger partial charge < -0.3 is 14.5 Å². The van der Waals surface area contributed by atoms with E-state index in [4.69, 9.17) is 4.74 Å². The molecule has 1 aromatic rings. The summed E-state index contributed by atoms with van der Waals surface area (Å²) in [4.78, 5) is 17.8. The van der Waals surface area contributed by atoms with Gasteiger partial charge in [-0.25, -0.2) is 4.79 Å². The summed E-state index contributed by atoms with van der Waals surface area (Å²) in [5, 5.41) is 0. The topological polar surface area (TPSA) is 36.0 Å². The zero-order valence-corrected chi connectivity index (χ0v) is 12.5. The highest BCUT2D eigenvalue weighted by Crippen LogP contribution is 2.14. The number of hydrogen-bond acceptors (Lipinski definition) is 3. The van der Waals surface area contributed by atoms with Gasteiger partial charge >= 0.3 is 6.03 Å². The van der Waals surface area contributed by atoms with Crippen LogP contribution in [-0.2, 0) is 6.54 Å². The standard InChI is InChI=1S/C15H23N3O2/c1-16(2)15(19)18-10-8-17(9-11-18)12-13-4-6-14(20-3)7-5-13/h4-7H,8-12H2,1-3H3. The fourth-order valence-corrected chi connectivity index (χ4v) is 2.37. The number of piperazine rings is 1. The number of urea groups is 1. The Morgan fingerprint density at radius 3 is 2.25 bits per heavy atom. The Kier molecular flexibility index (Phi) is 4.84. The van der Waals surface area contributed by atoms with Crippen LogP contribution in [0.1, 0.15) is 5.56 Å². The van der Waals surface area contributed by atoms with Crippen LogP contribution in [0.2, 0.25) is 0 Å². The second-order valence-electron chi connectivity index (χ2n) is 5.29. The molecule has 1 saturated heterocycles. The molecule has 0 bridgehead atoms. The van der Waals surface area contributed by atoms with E-state index < -0.39 is 0 Å². The molecule has 0 aliphatic carbocycles. The molecule has 1 aromatic carbocycles. The number of rotatable bonds is 3. The third kappa shape index (κ3) is 3.63. The molecule has 0 aromatic heterocycles. The third-order valence-electron chi connectivity index (χ3n) is 3.59. The van der Waals surface area contributed by atoms with Gasteiger partial charge in [-0.15, -0.1) is 0 Å². The van der Waals surface area contributed by atoms with Gasteiger partial charge in [-0.3, -0.25) is 4.90 Å². The van der Waals surface area contributed by atoms with Gasteiger partial charge in [0.2, 0.25) is 0 Å². The molecule has 2 amide bonds. The average molecular weight is 277 g/mol. The predicted octanol–water partition coefficient (Wildman–Crippen LogP) is 1.49. The van der Waals surface area contributed by atoms with Gasteiger partial charge in [0, 0.05) is 46.8 Å². The molecule has 5 heteroatoms. The molecule has 0 unspecified atom stereocenters. The molecule has 1 fully saturated rings. The molecular formula is C15H23N3O2. The molecular weight excluding hydrogens is 254 g/mol. The number of carbonyl (C=O) groups excluding carboxylic acids is 1. The summed E-state index contributed by atoms with van der Waals surface area (Å²) in [6.07, 6.45) is 0. The maximum Gasteiger partial charge on any atom is 0.319 e. The lowest BCUT2D eigenvalue weighted by Gasteiger charge is -2.35. The smallest absolute Gasteiger partial charge is 0.319 e. The lowest BCUT2D eigenvalue weighted by Crippen LogP contribution is -2.51. The molecule has 20 heavy (non-hydrogen) atoms. The van der Waals surface area contributed by atoms with Crippen molar-refractivity contribution in [2.24, 2.45) is 0 Å². The zero-order chi connectivity index (χ0) is 14.5. The summed E-state index contributed by atoms with van der Waals surface area (Å²) in [5.41, 5.74) is 1.28. The molecule has 0 atom stereocenters. The molecule has 110 valence electrons. The van der Waals surface area contributed by atoms with E-state index in [-0.39, 0.29) is 6.03 Å². The quantitative estimate of drug-likeness (QED) is 0.840. The molecule has 2 rings (SSSR count). The number of hydrogen-bond donors (Lipinski definition) is 0. The summed E-state index contributed by atoms with van der Waals surface area (Å²) in [7, 11) is 5.27. The van der Waals surface area contributed by atoms with E-state index in [1.807, 2.05) is 17.0 Å². The fraction of sp³-hybridized carbons (Fsp3) is 0.533. The van der Waals surface area contributed by atoms with E-state index >= 15 is 0 Å². The number of nitrogens with zero attached hydrogens (tertiary/aromatic N) is 3. The van der Waals surface area contributed by atoms with Crippen LogP contribution in [-0.4, -0.2) is 68.1 Å². The highest BCUT2D eigenvalue weighted by atomic mass is 16.5. The number of amides is 2. The van der Waals surface area contributed by atoms with Crippen molar-refractivity contribution >= 4 is 6.03 Å². The van der Waals surface area contributed by atoms with Gasteiger partial charge in [-0.1, -0.05) is 12.1 Å². The first-order valence-electron chi connectivity index (χ1n) is 6.91. The van der Waals surface area contributed by atoms with Crippen LogP contribution < -0.4 is 4.74 Å². The Morgan fingerprint density at radius 1 is 1.15 bits per heavy atom. The predicted molar refractivity (Wildman–Crippen MR) is 78.9 cm³/mol. The Hall–Kier alpha value is -1.75. The summed E-state index contributed by atoms with van der Waals surface area (Å²) >= 11 is 0. The van der Waals surface area contributed by atoms with E-state index in [0.717, 1.165) is 38.5 Å². The van der Waals surface area contributed by atoms with Crippen molar-refractivity contribution in [1.29, 1.82) is 0 Å². The van der Waals surface area contributed by atoms with Gasteiger partial charge in [0.25, 0.3) is 0 Å². The van der Waals surface area contributed by atoms with E-state index in [1.165, 1.54) is 5.56 Å². The number of carbonyl (C=O) groups is 1. The lowest BCUT2D eigenvalue weighted by atomic mass is 10.2. The SMILES string of the molecule is COc1ccc(CN2CCN(C(=O)N(C)C)CC2)cc1. The van der Waals surface area contributed by atoms with Crippen molar-refractivity contribution < 1.29 is 9.53 Å². The highest BCUT2D eigenvalue weighted by molar-refractivity contribution is 5.73. The minimum Gasteiger partial charge on any atom is -0.497 e. The van der Waals surface area contributed by atoms with Crippen molar-refractivity contribution in [3.63, 3.8) is 0 Å². The van der Waals surface area contributed by atoms with E-state index in [2.05, 4.69) is 17.0 Å². The van der Waals surface area contributed by atoms with Crippen LogP contribution >= 0.6 is 0 Å². The van der Waals surface area contributed by atoms with Crippen LogP contribution in [0.25, 0.3) is 0 Å².